The number of halogens is 3. The third-order valence-corrected chi connectivity index (χ3v) is 6.57. The van der Waals surface area contributed by atoms with Crippen LogP contribution in [0, 0.1) is 0 Å². The second-order valence-corrected chi connectivity index (χ2v) is 8.73. The smallest absolute Gasteiger partial charge is 0.376 e. The third-order valence-electron chi connectivity index (χ3n) is 6.57. The molecule has 1 fully saturated rings. The van der Waals surface area contributed by atoms with Crippen molar-refractivity contribution < 1.29 is 17.9 Å². The van der Waals surface area contributed by atoms with E-state index >= 15 is 0 Å². The zero-order valence-corrected chi connectivity index (χ0v) is 17.7. The Hall–Kier alpha value is -2.45. The molecule has 0 aromatic heterocycles. The fraction of sp³-hybridized carbons (Fsp3) is 0.478. The molecule has 0 bridgehead atoms. The van der Waals surface area contributed by atoms with Gasteiger partial charge in [0.2, 0.25) is 0 Å². The molecule has 3 aliphatic rings. The van der Waals surface area contributed by atoms with E-state index in [0.29, 0.717) is 36.5 Å². The molecule has 0 aliphatic carbocycles. The minimum absolute atomic E-state index is 0.420. The first-order valence-corrected chi connectivity index (χ1v) is 10.7. The van der Waals surface area contributed by atoms with Crippen molar-refractivity contribution in [1.82, 2.24) is 5.32 Å². The topological polar surface area (TPSA) is 39.8 Å². The highest BCUT2D eigenvalue weighted by atomic mass is 19.4. The number of hydrogen-bond acceptors (Lipinski definition) is 5. The van der Waals surface area contributed by atoms with Crippen LogP contribution in [0.15, 0.2) is 30.3 Å². The normalized spacial score (nSPS) is 22.5. The van der Waals surface area contributed by atoms with Crippen molar-refractivity contribution in [1.29, 1.82) is 0 Å². The number of rotatable bonds is 3. The number of nitrogens with zero attached hydrogens (tertiary/aromatic N) is 2. The Bertz CT molecular complexity index is 992. The summed E-state index contributed by atoms with van der Waals surface area (Å²) in [5.41, 5.74) is 5.12. The summed E-state index contributed by atoms with van der Waals surface area (Å²) in [6.07, 6.45) is -3.27. The van der Waals surface area contributed by atoms with E-state index in [1.54, 1.807) is 19.0 Å². The Balaban J connectivity index is 1.54. The molecule has 0 saturated carbocycles. The Morgan fingerprint density at radius 3 is 2.81 bits per heavy atom. The summed E-state index contributed by atoms with van der Waals surface area (Å²) >= 11 is 0. The molecule has 2 aromatic carbocycles. The maximum atomic E-state index is 13.2. The number of nitrogens with one attached hydrogen (secondary N) is 2. The van der Waals surface area contributed by atoms with Crippen LogP contribution in [0.2, 0.25) is 0 Å². The molecule has 0 amide bonds. The van der Waals surface area contributed by atoms with Crippen molar-refractivity contribution in [2.45, 2.75) is 31.2 Å². The van der Waals surface area contributed by atoms with Gasteiger partial charge >= 0.3 is 6.18 Å². The van der Waals surface area contributed by atoms with E-state index in [0.717, 1.165) is 43.4 Å². The van der Waals surface area contributed by atoms with Crippen LogP contribution in [0.3, 0.4) is 0 Å². The van der Waals surface area contributed by atoms with Crippen molar-refractivity contribution in [3.63, 3.8) is 0 Å². The number of anilines is 4. The van der Waals surface area contributed by atoms with Gasteiger partial charge in [0.15, 0.2) is 0 Å². The maximum Gasteiger partial charge on any atom is 0.416 e. The molecule has 166 valence electrons. The maximum absolute atomic E-state index is 13.2. The highest BCUT2D eigenvalue weighted by Gasteiger charge is 2.42. The lowest BCUT2D eigenvalue weighted by atomic mass is 9.89. The fourth-order valence-corrected chi connectivity index (χ4v) is 5.20. The van der Waals surface area contributed by atoms with Gasteiger partial charge in [0.1, 0.15) is 0 Å². The average molecular weight is 432 g/mol. The Morgan fingerprint density at radius 2 is 2.03 bits per heavy atom. The number of piperidine rings is 1. The molecule has 3 heterocycles. The molecule has 2 atom stereocenters. The minimum atomic E-state index is -4.37. The summed E-state index contributed by atoms with van der Waals surface area (Å²) in [4.78, 5) is 4.21. The molecular weight excluding hydrogens is 405 g/mol. The largest absolute Gasteiger partial charge is 0.416 e. The van der Waals surface area contributed by atoms with Crippen LogP contribution in [-0.2, 0) is 17.5 Å². The van der Waals surface area contributed by atoms with E-state index in [4.69, 9.17) is 4.74 Å². The molecule has 5 nitrogen and oxygen atoms in total. The molecular formula is C23H27F3N4O. The SMILES string of the molecule is CN(C)c1cc(C(F)(F)F)ccc1Nc1cc2c3c(c1)[C@@H]1CNCC[C@@H]1N3CCOC2. The van der Waals surface area contributed by atoms with Crippen LogP contribution in [0.5, 0.6) is 0 Å². The zero-order chi connectivity index (χ0) is 21.8. The second kappa shape index (κ2) is 7.60. The van der Waals surface area contributed by atoms with Crippen LogP contribution in [0.4, 0.5) is 35.9 Å². The van der Waals surface area contributed by atoms with Gasteiger partial charge in [-0.3, -0.25) is 0 Å². The molecule has 2 N–H and O–H groups in total. The molecule has 2 aromatic rings. The number of hydrogen-bond donors (Lipinski definition) is 2. The minimum Gasteiger partial charge on any atom is -0.376 e. The lowest BCUT2D eigenvalue weighted by Gasteiger charge is -2.33. The van der Waals surface area contributed by atoms with Gasteiger partial charge in [0, 0.05) is 56.1 Å². The summed E-state index contributed by atoms with van der Waals surface area (Å²) < 4.78 is 45.5. The number of alkyl halides is 3. The highest BCUT2D eigenvalue weighted by molar-refractivity contribution is 5.79. The van der Waals surface area contributed by atoms with Gasteiger partial charge in [-0.1, -0.05) is 0 Å². The summed E-state index contributed by atoms with van der Waals surface area (Å²) in [6.45, 7) is 4.12. The van der Waals surface area contributed by atoms with Crippen molar-refractivity contribution >= 4 is 22.7 Å². The zero-order valence-electron chi connectivity index (χ0n) is 17.7. The van der Waals surface area contributed by atoms with E-state index in [1.807, 2.05) is 0 Å². The Morgan fingerprint density at radius 1 is 1.19 bits per heavy atom. The summed E-state index contributed by atoms with van der Waals surface area (Å²) in [5, 5.41) is 6.91. The lowest BCUT2D eigenvalue weighted by Crippen LogP contribution is -2.44. The van der Waals surface area contributed by atoms with Crippen molar-refractivity contribution in [3.05, 3.63) is 47.0 Å². The van der Waals surface area contributed by atoms with Crippen LogP contribution in [0.25, 0.3) is 0 Å². The summed E-state index contributed by atoms with van der Waals surface area (Å²) in [6, 6.07) is 8.57. The van der Waals surface area contributed by atoms with Gasteiger partial charge in [-0.25, -0.2) is 0 Å². The first-order chi connectivity index (χ1) is 14.8. The van der Waals surface area contributed by atoms with E-state index < -0.39 is 11.7 Å². The fourth-order valence-electron chi connectivity index (χ4n) is 5.20. The lowest BCUT2D eigenvalue weighted by molar-refractivity contribution is -0.137. The van der Waals surface area contributed by atoms with Crippen LogP contribution in [0.1, 0.15) is 29.0 Å². The number of ether oxygens (including phenoxy) is 1. The van der Waals surface area contributed by atoms with Gasteiger partial charge in [-0.05, 0) is 48.9 Å². The molecule has 0 spiro atoms. The van der Waals surface area contributed by atoms with Crippen molar-refractivity contribution in [2.75, 3.05) is 55.5 Å². The van der Waals surface area contributed by atoms with E-state index in [-0.39, 0.29) is 0 Å². The standard InChI is InChI=1S/C23H27F3N4O/c1-29(2)21-10-15(23(24,25)26)3-4-19(21)28-16-9-14-13-31-8-7-30-20-5-6-27-12-18(20)17(11-16)22(14)30/h3-4,9-11,18,20,27-28H,5-8,12-13H2,1-2H3/t18-,20-/m0/s1. The first kappa shape index (κ1) is 20.5. The number of fused-ring (bicyclic) bond motifs is 3. The quantitative estimate of drug-likeness (QED) is 0.757. The Labute approximate surface area is 180 Å². The molecule has 31 heavy (non-hydrogen) atoms. The van der Waals surface area contributed by atoms with Gasteiger partial charge in [0.25, 0.3) is 0 Å². The van der Waals surface area contributed by atoms with Crippen LogP contribution in [-0.4, -0.2) is 46.4 Å². The van der Waals surface area contributed by atoms with Gasteiger partial charge < -0.3 is 25.2 Å². The molecule has 5 rings (SSSR count). The summed E-state index contributed by atoms with van der Waals surface area (Å²) in [7, 11) is 3.50. The van der Waals surface area contributed by atoms with Gasteiger partial charge in [0.05, 0.1) is 30.2 Å². The van der Waals surface area contributed by atoms with Crippen molar-refractivity contribution in [2.24, 2.45) is 0 Å². The molecule has 3 aliphatic heterocycles. The van der Waals surface area contributed by atoms with Gasteiger partial charge in [-0.2, -0.15) is 13.2 Å². The van der Waals surface area contributed by atoms with E-state index in [1.165, 1.54) is 23.4 Å². The third kappa shape index (κ3) is 3.61. The number of benzene rings is 2. The average Bonchev–Trinajstić information content (AvgIpc) is 2.88. The predicted octanol–water partition coefficient (Wildman–Crippen LogP) is 4.31. The van der Waals surface area contributed by atoms with Crippen molar-refractivity contribution in [3.8, 4) is 0 Å². The molecule has 0 radical (unpaired) electrons. The monoisotopic (exact) mass is 432 g/mol. The molecule has 8 heteroatoms. The predicted molar refractivity (Wildman–Crippen MR) is 117 cm³/mol. The van der Waals surface area contributed by atoms with Gasteiger partial charge in [-0.15, -0.1) is 0 Å². The molecule has 0 unspecified atom stereocenters. The second-order valence-electron chi connectivity index (χ2n) is 8.73. The summed E-state index contributed by atoms with van der Waals surface area (Å²) in [5.74, 6) is 0.420. The van der Waals surface area contributed by atoms with Crippen LogP contribution < -0.4 is 20.4 Å². The van der Waals surface area contributed by atoms with E-state index in [2.05, 4.69) is 27.7 Å². The van der Waals surface area contributed by atoms with E-state index in [9.17, 15) is 13.2 Å². The Kier molecular flexibility index (Phi) is 5.01. The first-order valence-electron chi connectivity index (χ1n) is 10.7. The molecule has 1 saturated heterocycles. The van der Waals surface area contributed by atoms with Crippen LogP contribution >= 0.6 is 0 Å². The highest BCUT2D eigenvalue weighted by Crippen LogP contribution is 2.48.